The maximum Gasteiger partial charge on any atom is 0.230 e. The second-order valence-electron chi connectivity index (χ2n) is 7.32. The van der Waals surface area contributed by atoms with Gasteiger partial charge >= 0.3 is 0 Å². The Morgan fingerprint density at radius 1 is 1.13 bits per heavy atom. The number of nitrogens with zero attached hydrogens (tertiary/aromatic N) is 1. The molecule has 1 aliphatic rings. The third-order valence-corrected chi connectivity index (χ3v) is 6.21. The van der Waals surface area contributed by atoms with Crippen LogP contribution in [0.2, 0.25) is 0 Å². The first-order valence-corrected chi connectivity index (χ1v) is 10.5. The fourth-order valence-corrected chi connectivity index (χ4v) is 4.66. The maximum absolute atomic E-state index is 14.1. The Morgan fingerprint density at radius 3 is 2.60 bits per heavy atom. The molecule has 4 nitrogen and oxygen atoms in total. The molecule has 154 valence electrons. The van der Waals surface area contributed by atoms with E-state index < -0.39 is 29.5 Å². The summed E-state index contributed by atoms with van der Waals surface area (Å²) in [5.74, 6) is -2.47. The molecule has 2 heterocycles. The molecule has 0 radical (unpaired) electrons. The molecule has 4 rings (SSSR count). The highest BCUT2D eigenvalue weighted by molar-refractivity contribution is 7.10. The third kappa shape index (κ3) is 3.98. The van der Waals surface area contributed by atoms with Crippen LogP contribution in [0.25, 0.3) is 0 Å². The van der Waals surface area contributed by atoms with E-state index in [2.05, 4.69) is 5.32 Å². The van der Waals surface area contributed by atoms with E-state index in [1.165, 1.54) is 11.3 Å². The number of anilines is 2. The van der Waals surface area contributed by atoms with Crippen LogP contribution in [0.1, 0.15) is 29.3 Å². The van der Waals surface area contributed by atoms with E-state index in [0.29, 0.717) is 12.1 Å². The summed E-state index contributed by atoms with van der Waals surface area (Å²) in [6.45, 7) is 1.96. The monoisotopic (exact) mass is 426 g/mol. The molecule has 3 aromatic rings. The van der Waals surface area contributed by atoms with Gasteiger partial charge in [-0.25, -0.2) is 8.78 Å². The number of carbonyl (C=O) groups is 2. The summed E-state index contributed by atoms with van der Waals surface area (Å²) in [4.78, 5) is 28.6. The van der Waals surface area contributed by atoms with Crippen LogP contribution in [0.4, 0.5) is 20.2 Å². The standard InChI is InChI=1S/C23H20F2N2O2S/c1-14-4-7-16(8-5-14)27-21(28)11-9-17(22(27)20-3-2-12-30-20)23(29)26-19-13-15(24)6-10-18(19)25/h2-8,10,12-13,17,22H,9,11H2,1H3,(H,26,29). The van der Waals surface area contributed by atoms with Gasteiger partial charge in [0.1, 0.15) is 11.6 Å². The van der Waals surface area contributed by atoms with Crippen molar-refractivity contribution >= 4 is 34.5 Å². The van der Waals surface area contributed by atoms with Crippen LogP contribution in [0.5, 0.6) is 0 Å². The second-order valence-corrected chi connectivity index (χ2v) is 8.30. The van der Waals surface area contributed by atoms with E-state index in [-0.39, 0.29) is 18.0 Å². The van der Waals surface area contributed by atoms with Gasteiger partial charge in [0, 0.05) is 23.1 Å². The van der Waals surface area contributed by atoms with Crippen LogP contribution in [-0.2, 0) is 9.59 Å². The van der Waals surface area contributed by atoms with Crippen molar-refractivity contribution in [2.45, 2.75) is 25.8 Å². The number of halogens is 2. The molecule has 0 bridgehead atoms. The van der Waals surface area contributed by atoms with Gasteiger partial charge in [-0.1, -0.05) is 23.8 Å². The Hall–Kier alpha value is -3.06. The van der Waals surface area contributed by atoms with E-state index >= 15 is 0 Å². The van der Waals surface area contributed by atoms with Crippen molar-refractivity contribution < 1.29 is 18.4 Å². The molecule has 2 aromatic carbocycles. The van der Waals surface area contributed by atoms with Gasteiger partial charge in [0.15, 0.2) is 0 Å². The number of thiophene rings is 1. The highest BCUT2D eigenvalue weighted by Gasteiger charge is 2.42. The van der Waals surface area contributed by atoms with Gasteiger partial charge in [0.05, 0.1) is 17.6 Å². The Kier molecular flexibility index (Phi) is 5.63. The minimum absolute atomic E-state index is 0.0711. The van der Waals surface area contributed by atoms with Gasteiger partial charge in [0.2, 0.25) is 11.8 Å². The van der Waals surface area contributed by atoms with Gasteiger partial charge < -0.3 is 10.2 Å². The lowest BCUT2D eigenvalue weighted by molar-refractivity contribution is -0.125. The minimum Gasteiger partial charge on any atom is -0.323 e. The second kappa shape index (κ2) is 8.36. The maximum atomic E-state index is 14.1. The minimum atomic E-state index is -0.709. The van der Waals surface area contributed by atoms with E-state index in [4.69, 9.17) is 0 Å². The van der Waals surface area contributed by atoms with Crippen molar-refractivity contribution in [1.29, 1.82) is 0 Å². The van der Waals surface area contributed by atoms with Crippen LogP contribution in [0, 0.1) is 24.5 Å². The Labute approximate surface area is 177 Å². The number of benzene rings is 2. The lowest BCUT2D eigenvalue weighted by Crippen LogP contribution is -2.46. The summed E-state index contributed by atoms with van der Waals surface area (Å²) < 4.78 is 27.6. The van der Waals surface area contributed by atoms with E-state index in [1.807, 2.05) is 48.7 Å². The molecule has 0 spiro atoms. The largest absolute Gasteiger partial charge is 0.323 e. The van der Waals surface area contributed by atoms with Crippen molar-refractivity contribution in [3.63, 3.8) is 0 Å². The number of amides is 2. The zero-order chi connectivity index (χ0) is 21.3. The van der Waals surface area contributed by atoms with Crippen molar-refractivity contribution in [2.24, 2.45) is 5.92 Å². The molecule has 30 heavy (non-hydrogen) atoms. The first-order valence-electron chi connectivity index (χ1n) is 9.62. The van der Waals surface area contributed by atoms with Gasteiger partial charge in [-0.15, -0.1) is 11.3 Å². The molecule has 1 N–H and O–H groups in total. The van der Waals surface area contributed by atoms with E-state index in [9.17, 15) is 18.4 Å². The van der Waals surface area contributed by atoms with Crippen LogP contribution in [0.15, 0.2) is 60.0 Å². The normalized spacial score (nSPS) is 19.0. The smallest absolute Gasteiger partial charge is 0.230 e. The quantitative estimate of drug-likeness (QED) is 0.602. The molecule has 0 saturated carbocycles. The molecule has 2 amide bonds. The molecule has 2 unspecified atom stereocenters. The first kappa shape index (κ1) is 20.2. The van der Waals surface area contributed by atoms with Crippen molar-refractivity contribution in [3.8, 4) is 0 Å². The average molecular weight is 426 g/mol. The van der Waals surface area contributed by atoms with E-state index in [0.717, 1.165) is 28.6 Å². The van der Waals surface area contributed by atoms with Gasteiger partial charge in [-0.05, 0) is 49.1 Å². The molecular weight excluding hydrogens is 406 g/mol. The van der Waals surface area contributed by atoms with Crippen LogP contribution in [-0.4, -0.2) is 11.8 Å². The highest BCUT2D eigenvalue weighted by Crippen LogP contribution is 2.42. The topological polar surface area (TPSA) is 49.4 Å². The highest BCUT2D eigenvalue weighted by atomic mass is 32.1. The fourth-order valence-electron chi connectivity index (χ4n) is 3.78. The summed E-state index contributed by atoms with van der Waals surface area (Å²) in [6.07, 6.45) is 0.520. The Morgan fingerprint density at radius 2 is 1.90 bits per heavy atom. The van der Waals surface area contributed by atoms with Crippen LogP contribution >= 0.6 is 11.3 Å². The number of carbonyl (C=O) groups excluding carboxylic acids is 2. The van der Waals surface area contributed by atoms with E-state index in [1.54, 1.807) is 4.90 Å². The number of aryl methyl sites for hydroxylation is 1. The lowest BCUT2D eigenvalue weighted by atomic mass is 9.86. The molecule has 7 heteroatoms. The predicted molar refractivity (Wildman–Crippen MR) is 113 cm³/mol. The fraction of sp³-hybridized carbons (Fsp3) is 0.217. The lowest BCUT2D eigenvalue weighted by Gasteiger charge is -2.40. The molecule has 2 atom stereocenters. The van der Waals surface area contributed by atoms with Gasteiger partial charge in [-0.3, -0.25) is 9.59 Å². The number of nitrogens with one attached hydrogen (secondary N) is 1. The molecule has 1 fully saturated rings. The SMILES string of the molecule is Cc1ccc(N2C(=O)CCC(C(=O)Nc3cc(F)ccc3F)C2c2cccs2)cc1. The average Bonchev–Trinajstić information content (AvgIpc) is 3.26. The number of rotatable bonds is 4. The first-order chi connectivity index (χ1) is 14.4. The number of hydrogen-bond acceptors (Lipinski definition) is 3. The van der Waals surface area contributed by atoms with Crippen molar-refractivity contribution in [3.05, 3.63) is 82.1 Å². The predicted octanol–water partition coefficient (Wildman–Crippen LogP) is 5.46. The molecule has 0 aliphatic carbocycles. The van der Waals surface area contributed by atoms with Crippen LogP contribution < -0.4 is 10.2 Å². The Balaban J connectivity index is 1.71. The third-order valence-electron chi connectivity index (χ3n) is 5.27. The van der Waals surface area contributed by atoms with Gasteiger partial charge in [0.25, 0.3) is 0 Å². The van der Waals surface area contributed by atoms with Crippen molar-refractivity contribution in [1.82, 2.24) is 0 Å². The molecule has 1 aliphatic heterocycles. The zero-order valence-electron chi connectivity index (χ0n) is 16.3. The Bertz CT molecular complexity index is 1070. The molecule has 1 aromatic heterocycles. The number of hydrogen-bond donors (Lipinski definition) is 1. The number of piperidine rings is 1. The van der Waals surface area contributed by atoms with Gasteiger partial charge in [-0.2, -0.15) is 0 Å². The summed E-state index contributed by atoms with van der Waals surface area (Å²) in [7, 11) is 0. The summed E-state index contributed by atoms with van der Waals surface area (Å²) in [5, 5.41) is 4.41. The molecule has 1 saturated heterocycles. The summed E-state index contributed by atoms with van der Waals surface area (Å²) in [5.41, 5.74) is 1.56. The van der Waals surface area contributed by atoms with Crippen molar-refractivity contribution in [2.75, 3.05) is 10.2 Å². The van der Waals surface area contributed by atoms with Crippen LogP contribution in [0.3, 0.4) is 0 Å². The molecular formula is C23H20F2N2O2S. The zero-order valence-corrected chi connectivity index (χ0v) is 17.1. The summed E-state index contributed by atoms with van der Waals surface area (Å²) in [6, 6.07) is 13.7. The summed E-state index contributed by atoms with van der Waals surface area (Å²) >= 11 is 1.46.